The Morgan fingerprint density at radius 3 is 2.82 bits per heavy atom. The molecule has 1 aliphatic carbocycles. The molecule has 3 nitrogen and oxygen atoms in total. The number of rotatable bonds is 5. The van der Waals surface area contributed by atoms with Crippen molar-refractivity contribution in [1.82, 2.24) is 10.4 Å². The quantitative estimate of drug-likeness (QED) is 0.606. The van der Waals surface area contributed by atoms with Crippen LogP contribution in [0.25, 0.3) is 0 Å². The molecular formula is C14H23N3. The number of hydrazine groups is 1. The summed E-state index contributed by atoms with van der Waals surface area (Å²) in [6, 6.07) is 4.50. The van der Waals surface area contributed by atoms with Gasteiger partial charge in [-0.1, -0.05) is 38.2 Å². The van der Waals surface area contributed by atoms with Crippen molar-refractivity contribution in [3.63, 3.8) is 0 Å². The van der Waals surface area contributed by atoms with E-state index in [0.717, 1.165) is 12.3 Å². The SMILES string of the molecule is NNC(Cc1cccnc1)CC1CCCCC1. The molecular weight excluding hydrogens is 210 g/mol. The summed E-state index contributed by atoms with van der Waals surface area (Å²) in [6.45, 7) is 0. The molecule has 1 heterocycles. The van der Waals surface area contributed by atoms with Crippen LogP contribution in [0.1, 0.15) is 44.1 Å². The van der Waals surface area contributed by atoms with Gasteiger partial charge in [0, 0.05) is 18.4 Å². The van der Waals surface area contributed by atoms with Gasteiger partial charge in [0.25, 0.3) is 0 Å². The molecule has 0 aromatic carbocycles. The zero-order valence-electron chi connectivity index (χ0n) is 10.4. The van der Waals surface area contributed by atoms with E-state index in [2.05, 4.69) is 16.5 Å². The van der Waals surface area contributed by atoms with Gasteiger partial charge >= 0.3 is 0 Å². The zero-order chi connectivity index (χ0) is 11.9. The molecule has 94 valence electrons. The van der Waals surface area contributed by atoms with E-state index in [1.165, 1.54) is 44.1 Å². The highest BCUT2D eigenvalue weighted by Crippen LogP contribution is 2.27. The first-order valence-corrected chi connectivity index (χ1v) is 6.73. The first-order valence-electron chi connectivity index (χ1n) is 6.73. The average molecular weight is 233 g/mol. The molecule has 17 heavy (non-hydrogen) atoms. The summed E-state index contributed by atoms with van der Waals surface area (Å²) in [5, 5.41) is 0. The molecule has 3 N–H and O–H groups in total. The van der Waals surface area contributed by atoms with Gasteiger partial charge in [-0.2, -0.15) is 0 Å². The van der Waals surface area contributed by atoms with Gasteiger partial charge in [-0.3, -0.25) is 16.3 Å². The minimum atomic E-state index is 0.391. The molecule has 0 spiro atoms. The van der Waals surface area contributed by atoms with Gasteiger partial charge in [-0.05, 0) is 30.4 Å². The lowest BCUT2D eigenvalue weighted by Crippen LogP contribution is -2.38. The van der Waals surface area contributed by atoms with Gasteiger partial charge in [-0.25, -0.2) is 0 Å². The maximum atomic E-state index is 5.67. The van der Waals surface area contributed by atoms with Crippen LogP contribution >= 0.6 is 0 Å². The third kappa shape index (κ3) is 4.10. The zero-order valence-corrected chi connectivity index (χ0v) is 10.4. The Kier molecular flexibility index (Phi) is 4.95. The largest absolute Gasteiger partial charge is 0.271 e. The molecule has 0 radical (unpaired) electrons. The molecule has 1 saturated carbocycles. The minimum absolute atomic E-state index is 0.391. The van der Waals surface area contributed by atoms with Crippen LogP contribution in [0.5, 0.6) is 0 Å². The molecule has 1 aromatic heterocycles. The van der Waals surface area contributed by atoms with Crippen molar-refractivity contribution in [2.45, 2.75) is 51.0 Å². The molecule has 0 saturated heterocycles. The van der Waals surface area contributed by atoms with Crippen molar-refractivity contribution in [2.24, 2.45) is 11.8 Å². The van der Waals surface area contributed by atoms with Crippen LogP contribution < -0.4 is 11.3 Å². The standard InChI is InChI=1S/C14H23N3/c15-17-14(9-12-5-2-1-3-6-12)10-13-7-4-8-16-11-13/h4,7-8,11-12,14,17H,1-3,5-6,9-10,15H2. The van der Waals surface area contributed by atoms with Gasteiger partial charge in [0.05, 0.1) is 0 Å². The fraction of sp³-hybridized carbons (Fsp3) is 0.643. The fourth-order valence-electron chi connectivity index (χ4n) is 2.84. The summed E-state index contributed by atoms with van der Waals surface area (Å²) in [6.07, 6.45) is 12.9. The number of nitrogens with zero attached hydrogens (tertiary/aromatic N) is 1. The van der Waals surface area contributed by atoms with Gasteiger partial charge < -0.3 is 0 Å². The highest BCUT2D eigenvalue weighted by Gasteiger charge is 2.18. The number of nitrogens with two attached hydrogens (primary N) is 1. The fourth-order valence-corrected chi connectivity index (χ4v) is 2.84. The highest BCUT2D eigenvalue weighted by atomic mass is 15.2. The van der Waals surface area contributed by atoms with Crippen LogP contribution in [0.3, 0.4) is 0 Å². The van der Waals surface area contributed by atoms with Crippen LogP contribution in [0.2, 0.25) is 0 Å². The van der Waals surface area contributed by atoms with Crippen LogP contribution in [-0.4, -0.2) is 11.0 Å². The van der Waals surface area contributed by atoms with Crippen molar-refractivity contribution >= 4 is 0 Å². The Labute approximate surface area is 104 Å². The Balaban J connectivity index is 1.83. The van der Waals surface area contributed by atoms with E-state index in [4.69, 9.17) is 5.84 Å². The van der Waals surface area contributed by atoms with Crippen LogP contribution in [0.15, 0.2) is 24.5 Å². The van der Waals surface area contributed by atoms with Gasteiger partial charge in [0.2, 0.25) is 0 Å². The third-order valence-corrected chi connectivity index (χ3v) is 3.78. The molecule has 1 aliphatic rings. The monoisotopic (exact) mass is 233 g/mol. The average Bonchev–Trinajstić information content (AvgIpc) is 2.40. The van der Waals surface area contributed by atoms with E-state index in [1.54, 1.807) is 0 Å². The molecule has 0 aliphatic heterocycles. The lowest BCUT2D eigenvalue weighted by atomic mass is 9.84. The topological polar surface area (TPSA) is 50.9 Å². The Morgan fingerprint density at radius 2 is 2.18 bits per heavy atom. The number of nitrogens with one attached hydrogen (secondary N) is 1. The second-order valence-electron chi connectivity index (χ2n) is 5.17. The van der Waals surface area contributed by atoms with Crippen molar-refractivity contribution in [2.75, 3.05) is 0 Å². The molecule has 1 atom stereocenters. The summed E-state index contributed by atoms with van der Waals surface area (Å²) >= 11 is 0. The first-order chi connectivity index (χ1) is 8.38. The van der Waals surface area contributed by atoms with Gasteiger partial charge in [0.15, 0.2) is 0 Å². The maximum Gasteiger partial charge on any atom is 0.0300 e. The van der Waals surface area contributed by atoms with Crippen LogP contribution in [0, 0.1) is 5.92 Å². The van der Waals surface area contributed by atoms with Crippen molar-refractivity contribution in [3.8, 4) is 0 Å². The molecule has 1 aromatic rings. The maximum absolute atomic E-state index is 5.67. The van der Waals surface area contributed by atoms with Crippen LogP contribution in [-0.2, 0) is 6.42 Å². The lowest BCUT2D eigenvalue weighted by molar-refractivity contribution is 0.298. The highest BCUT2D eigenvalue weighted by molar-refractivity contribution is 5.10. The number of pyridine rings is 1. The van der Waals surface area contributed by atoms with E-state index in [1.807, 2.05) is 18.5 Å². The molecule has 0 bridgehead atoms. The van der Waals surface area contributed by atoms with Crippen molar-refractivity contribution < 1.29 is 0 Å². The molecule has 3 heteroatoms. The van der Waals surface area contributed by atoms with Gasteiger partial charge in [0.1, 0.15) is 0 Å². The summed E-state index contributed by atoms with van der Waals surface area (Å²) in [5.41, 5.74) is 4.24. The number of hydrogen-bond acceptors (Lipinski definition) is 3. The van der Waals surface area contributed by atoms with E-state index < -0.39 is 0 Å². The molecule has 1 unspecified atom stereocenters. The van der Waals surface area contributed by atoms with E-state index in [-0.39, 0.29) is 0 Å². The Hall–Kier alpha value is -0.930. The Morgan fingerprint density at radius 1 is 1.35 bits per heavy atom. The number of aromatic nitrogens is 1. The van der Waals surface area contributed by atoms with Crippen molar-refractivity contribution in [3.05, 3.63) is 30.1 Å². The normalized spacial score (nSPS) is 19.1. The van der Waals surface area contributed by atoms with Crippen molar-refractivity contribution in [1.29, 1.82) is 0 Å². The Bertz CT molecular complexity index is 307. The second-order valence-corrected chi connectivity index (χ2v) is 5.17. The van der Waals surface area contributed by atoms with Gasteiger partial charge in [-0.15, -0.1) is 0 Å². The minimum Gasteiger partial charge on any atom is -0.271 e. The second kappa shape index (κ2) is 6.72. The molecule has 0 amide bonds. The number of hydrogen-bond donors (Lipinski definition) is 2. The predicted molar refractivity (Wildman–Crippen MR) is 70.2 cm³/mol. The van der Waals surface area contributed by atoms with E-state index >= 15 is 0 Å². The van der Waals surface area contributed by atoms with E-state index in [9.17, 15) is 0 Å². The predicted octanol–water partition coefficient (Wildman–Crippen LogP) is 2.43. The summed E-state index contributed by atoms with van der Waals surface area (Å²) in [5.74, 6) is 6.53. The lowest BCUT2D eigenvalue weighted by Gasteiger charge is -2.26. The summed E-state index contributed by atoms with van der Waals surface area (Å²) < 4.78 is 0. The van der Waals surface area contributed by atoms with Crippen LogP contribution in [0.4, 0.5) is 0 Å². The molecule has 2 rings (SSSR count). The summed E-state index contributed by atoms with van der Waals surface area (Å²) in [7, 11) is 0. The third-order valence-electron chi connectivity index (χ3n) is 3.78. The van der Waals surface area contributed by atoms with E-state index in [0.29, 0.717) is 6.04 Å². The first kappa shape index (κ1) is 12.5. The smallest absolute Gasteiger partial charge is 0.0300 e. The summed E-state index contributed by atoms with van der Waals surface area (Å²) in [4.78, 5) is 4.15. The molecule has 1 fully saturated rings.